The Kier molecular flexibility index (Phi) is 10.1. The van der Waals surface area contributed by atoms with Gasteiger partial charge < -0.3 is 4.74 Å². The third kappa shape index (κ3) is 8.37. The number of benzene rings is 1. The summed E-state index contributed by atoms with van der Waals surface area (Å²) < 4.78 is 6.03. The number of ketones is 1. The van der Waals surface area contributed by atoms with Crippen LogP contribution in [0.25, 0.3) is 0 Å². The first-order valence-corrected chi connectivity index (χ1v) is 11.9. The second-order valence-corrected chi connectivity index (χ2v) is 9.28. The molecule has 2 heteroatoms. The molecule has 0 fully saturated rings. The Morgan fingerprint density at radius 1 is 0.821 bits per heavy atom. The highest BCUT2D eigenvalue weighted by atomic mass is 16.5. The van der Waals surface area contributed by atoms with Gasteiger partial charge in [-0.25, -0.2) is 0 Å². The quantitative estimate of drug-likeness (QED) is 0.302. The zero-order valence-electron chi connectivity index (χ0n) is 18.7. The third-order valence-corrected chi connectivity index (χ3v) is 5.89. The maximum Gasteiger partial charge on any atom is 0.170 e. The lowest BCUT2D eigenvalue weighted by Crippen LogP contribution is -2.35. The van der Waals surface area contributed by atoms with Crippen molar-refractivity contribution in [2.45, 2.75) is 123 Å². The van der Waals surface area contributed by atoms with Gasteiger partial charge in [-0.2, -0.15) is 0 Å². The smallest absolute Gasteiger partial charge is 0.170 e. The highest BCUT2D eigenvalue weighted by Crippen LogP contribution is 2.34. The Hall–Kier alpha value is -1.31. The molecule has 1 aromatic rings. The zero-order chi connectivity index (χ0) is 20.2. The summed E-state index contributed by atoms with van der Waals surface area (Å²) in [6, 6.07) is 6.16. The number of fused-ring (bicyclic) bond motifs is 1. The number of ether oxygens (including phenoxy) is 1. The zero-order valence-corrected chi connectivity index (χ0v) is 18.7. The van der Waals surface area contributed by atoms with E-state index in [-0.39, 0.29) is 11.4 Å². The molecular weight excluding hydrogens is 344 g/mol. The van der Waals surface area contributed by atoms with E-state index in [1.165, 1.54) is 89.0 Å². The summed E-state index contributed by atoms with van der Waals surface area (Å²) in [5.41, 5.74) is 1.68. The Bertz CT molecular complexity index is 588. The molecule has 0 radical (unpaired) electrons. The molecule has 158 valence electrons. The molecule has 0 N–H and O–H groups in total. The van der Waals surface area contributed by atoms with Crippen LogP contribution in [0.15, 0.2) is 18.2 Å². The SMILES string of the molecule is CCCCCCCCCCCCCCCc1ccc2c(c1)OC(C)(C)CC2=O. The van der Waals surface area contributed by atoms with Gasteiger partial charge in [0.1, 0.15) is 11.4 Å². The Morgan fingerprint density at radius 2 is 1.36 bits per heavy atom. The summed E-state index contributed by atoms with van der Waals surface area (Å²) in [5, 5.41) is 0. The Balaban J connectivity index is 1.52. The fourth-order valence-electron chi connectivity index (χ4n) is 4.20. The summed E-state index contributed by atoms with van der Waals surface area (Å²) in [4.78, 5) is 12.2. The van der Waals surface area contributed by atoms with E-state index < -0.39 is 0 Å². The van der Waals surface area contributed by atoms with E-state index in [2.05, 4.69) is 19.1 Å². The summed E-state index contributed by atoms with van der Waals surface area (Å²) >= 11 is 0. The molecule has 2 rings (SSSR count). The van der Waals surface area contributed by atoms with Gasteiger partial charge >= 0.3 is 0 Å². The molecule has 0 saturated carbocycles. The molecule has 0 spiro atoms. The standard InChI is InChI=1S/C26H42O2/c1-4-5-6-7-8-9-10-11-12-13-14-15-16-17-22-18-19-23-24(27)21-26(2,3)28-25(23)20-22/h18-20H,4-17,21H2,1-3H3. The first-order valence-electron chi connectivity index (χ1n) is 11.9. The highest BCUT2D eigenvalue weighted by Gasteiger charge is 2.32. The third-order valence-electron chi connectivity index (χ3n) is 5.89. The molecule has 1 aliphatic rings. The topological polar surface area (TPSA) is 26.3 Å². The summed E-state index contributed by atoms with van der Waals surface area (Å²) in [6.07, 6.45) is 19.6. The van der Waals surface area contributed by atoms with Crippen molar-refractivity contribution in [3.8, 4) is 5.75 Å². The van der Waals surface area contributed by atoms with Gasteiger partial charge in [-0.1, -0.05) is 90.0 Å². The van der Waals surface area contributed by atoms with Crippen LogP contribution >= 0.6 is 0 Å². The first kappa shape index (κ1) is 23.0. The molecule has 0 atom stereocenters. The number of rotatable bonds is 14. The molecular formula is C26H42O2. The van der Waals surface area contributed by atoms with Crippen molar-refractivity contribution in [1.29, 1.82) is 0 Å². The van der Waals surface area contributed by atoms with E-state index in [0.717, 1.165) is 17.7 Å². The minimum absolute atomic E-state index is 0.207. The molecule has 1 heterocycles. The van der Waals surface area contributed by atoms with Crippen molar-refractivity contribution in [2.75, 3.05) is 0 Å². The normalized spacial score (nSPS) is 15.3. The molecule has 0 unspecified atom stereocenters. The van der Waals surface area contributed by atoms with E-state index in [1.54, 1.807) is 0 Å². The van der Waals surface area contributed by atoms with Crippen molar-refractivity contribution < 1.29 is 9.53 Å². The first-order chi connectivity index (χ1) is 13.5. The molecule has 28 heavy (non-hydrogen) atoms. The van der Waals surface area contributed by atoms with E-state index >= 15 is 0 Å². The molecule has 0 amide bonds. The predicted molar refractivity (Wildman–Crippen MR) is 119 cm³/mol. The van der Waals surface area contributed by atoms with Gasteiger partial charge in [-0.3, -0.25) is 4.79 Å². The highest BCUT2D eigenvalue weighted by molar-refractivity contribution is 6.00. The molecule has 0 aliphatic carbocycles. The van der Waals surface area contributed by atoms with Crippen molar-refractivity contribution in [1.82, 2.24) is 0 Å². The van der Waals surface area contributed by atoms with Crippen LogP contribution in [0.4, 0.5) is 0 Å². The second kappa shape index (κ2) is 12.3. The summed E-state index contributed by atoms with van der Waals surface area (Å²) in [5.74, 6) is 0.993. The van der Waals surface area contributed by atoms with Crippen LogP contribution in [-0.4, -0.2) is 11.4 Å². The van der Waals surface area contributed by atoms with Gasteiger partial charge in [0, 0.05) is 0 Å². The molecule has 0 bridgehead atoms. The number of Topliss-reactive ketones (excluding diaryl/α,β-unsaturated/α-hetero) is 1. The average molecular weight is 387 g/mol. The van der Waals surface area contributed by atoms with Gasteiger partial charge in [-0.05, 0) is 44.4 Å². The molecule has 1 aromatic carbocycles. The average Bonchev–Trinajstić information content (AvgIpc) is 2.64. The van der Waals surface area contributed by atoms with Gasteiger partial charge in [-0.15, -0.1) is 0 Å². The fourth-order valence-corrected chi connectivity index (χ4v) is 4.20. The number of unbranched alkanes of at least 4 members (excludes halogenated alkanes) is 12. The lowest BCUT2D eigenvalue weighted by atomic mass is 9.92. The number of aryl methyl sites for hydroxylation is 1. The van der Waals surface area contributed by atoms with E-state index in [9.17, 15) is 4.79 Å². The van der Waals surface area contributed by atoms with Crippen molar-refractivity contribution in [2.24, 2.45) is 0 Å². The lowest BCUT2D eigenvalue weighted by Gasteiger charge is -2.31. The predicted octanol–water partition coefficient (Wildman–Crippen LogP) is 8.06. The van der Waals surface area contributed by atoms with Crippen LogP contribution in [0.1, 0.15) is 127 Å². The van der Waals surface area contributed by atoms with Crippen LogP contribution in [0.3, 0.4) is 0 Å². The van der Waals surface area contributed by atoms with Crippen LogP contribution in [-0.2, 0) is 6.42 Å². The molecule has 0 aromatic heterocycles. The minimum Gasteiger partial charge on any atom is -0.487 e. The summed E-state index contributed by atoms with van der Waals surface area (Å²) in [6.45, 7) is 6.27. The number of carbonyl (C=O) groups excluding carboxylic acids is 1. The number of carbonyl (C=O) groups is 1. The van der Waals surface area contributed by atoms with Crippen LogP contribution in [0.2, 0.25) is 0 Å². The Morgan fingerprint density at radius 3 is 1.93 bits per heavy atom. The lowest BCUT2D eigenvalue weighted by molar-refractivity contribution is 0.0619. The van der Waals surface area contributed by atoms with E-state index in [0.29, 0.717) is 6.42 Å². The minimum atomic E-state index is -0.377. The van der Waals surface area contributed by atoms with Crippen LogP contribution in [0.5, 0.6) is 5.75 Å². The molecule has 2 nitrogen and oxygen atoms in total. The van der Waals surface area contributed by atoms with Gasteiger partial charge in [0.15, 0.2) is 5.78 Å². The van der Waals surface area contributed by atoms with Crippen LogP contribution in [0, 0.1) is 0 Å². The number of hydrogen-bond acceptors (Lipinski definition) is 2. The second-order valence-electron chi connectivity index (χ2n) is 9.28. The maximum atomic E-state index is 12.2. The number of hydrogen-bond donors (Lipinski definition) is 0. The van der Waals surface area contributed by atoms with Crippen molar-refractivity contribution in [3.05, 3.63) is 29.3 Å². The van der Waals surface area contributed by atoms with E-state index in [4.69, 9.17) is 4.74 Å². The van der Waals surface area contributed by atoms with Gasteiger partial charge in [0.05, 0.1) is 12.0 Å². The van der Waals surface area contributed by atoms with Gasteiger partial charge in [0.2, 0.25) is 0 Å². The molecule has 1 aliphatic heterocycles. The summed E-state index contributed by atoms with van der Waals surface area (Å²) in [7, 11) is 0. The van der Waals surface area contributed by atoms with E-state index in [1.807, 2.05) is 19.9 Å². The molecule has 0 saturated heterocycles. The van der Waals surface area contributed by atoms with Crippen molar-refractivity contribution in [3.63, 3.8) is 0 Å². The van der Waals surface area contributed by atoms with Gasteiger partial charge in [0.25, 0.3) is 0 Å². The van der Waals surface area contributed by atoms with Crippen molar-refractivity contribution >= 4 is 5.78 Å². The largest absolute Gasteiger partial charge is 0.487 e. The Labute approximate surface area is 173 Å². The fraction of sp³-hybridized carbons (Fsp3) is 0.731. The van der Waals surface area contributed by atoms with Crippen LogP contribution < -0.4 is 4.74 Å². The monoisotopic (exact) mass is 386 g/mol. The maximum absolute atomic E-state index is 12.2.